The van der Waals surface area contributed by atoms with E-state index in [4.69, 9.17) is 4.74 Å². The summed E-state index contributed by atoms with van der Waals surface area (Å²) in [5, 5.41) is 0. The van der Waals surface area contributed by atoms with E-state index in [2.05, 4.69) is 4.74 Å². The second kappa shape index (κ2) is 8.14. The zero-order chi connectivity index (χ0) is 21.2. The molecule has 0 atom stereocenters. The van der Waals surface area contributed by atoms with Crippen molar-refractivity contribution >= 4 is 0 Å². The van der Waals surface area contributed by atoms with Crippen LogP contribution in [0.15, 0.2) is 54.7 Å². The third kappa shape index (κ3) is 5.28. The highest BCUT2D eigenvalue weighted by Gasteiger charge is 2.31. The van der Waals surface area contributed by atoms with Crippen molar-refractivity contribution < 1.29 is 31.4 Å². The first kappa shape index (κ1) is 20.7. The van der Waals surface area contributed by atoms with Gasteiger partial charge in [-0.2, -0.15) is 0 Å². The SMILES string of the molecule is CC(C)Oc1cccc(F)c1-c1cc(F)cn1Cc1ccc(OC(F)(F)F)cc1. The van der Waals surface area contributed by atoms with E-state index in [-0.39, 0.29) is 35.4 Å². The molecule has 8 heteroatoms. The van der Waals surface area contributed by atoms with Gasteiger partial charge in [0.2, 0.25) is 0 Å². The van der Waals surface area contributed by atoms with Gasteiger partial charge >= 0.3 is 6.36 Å². The molecule has 154 valence electrons. The fourth-order valence-corrected chi connectivity index (χ4v) is 2.91. The van der Waals surface area contributed by atoms with Crippen LogP contribution in [-0.2, 0) is 6.54 Å². The van der Waals surface area contributed by atoms with Gasteiger partial charge in [-0.3, -0.25) is 0 Å². The van der Waals surface area contributed by atoms with Crippen molar-refractivity contribution in [2.45, 2.75) is 32.9 Å². The molecule has 0 saturated carbocycles. The normalized spacial score (nSPS) is 11.7. The molecule has 0 aliphatic rings. The Morgan fingerprint density at radius 3 is 2.31 bits per heavy atom. The van der Waals surface area contributed by atoms with Crippen molar-refractivity contribution in [2.75, 3.05) is 0 Å². The van der Waals surface area contributed by atoms with Crippen LogP contribution in [0.4, 0.5) is 22.0 Å². The summed E-state index contributed by atoms with van der Waals surface area (Å²) >= 11 is 0. The zero-order valence-electron chi connectivity index (χ0n) is 15.6. The summed E-state index contributed by atoms with van der Waals surface area (Å²) < 4.78 is 76.4. The molecular formula is C21H18F5NO2. The lowest BCUT2D eigenvalue weighted by Crippen LogP contribution is -2.17. The number of ether oxygens (including phenoxy) is 2. The minimum atomic E-state index is -4.78. The molecule has 0 saturated heterocycles. The minimum absolute atomic E-state index is 0.112. The van der Waals surface area contributed by atoms with Crippen LogP contribution in [0.25, 0.3) is 11.3 Å². The summed E-state index contributed by atoms with van der Waals surface area (Å²) in [5.74, 6) is -1.23. The Morgan fingerprint density at radius 2 is 1.69 bits per heavy atom. The van der Waals surface area contributed by atoms with Gasteiger partial charge in [-0.15, -0.1) is 13.2 Å². The van der Waals surface area contributed by atoms with Gasteiger partial charge in [-0.25, -0.2) is 8.78 Å². The lowest BCUT2D eigenvalue weighted by Gasteiger charge is -2.17. The molecule has 0 aliphatic carbocycles. The molecule has 0 bridgehead atoms. The van der Waals surface area contributed by atoms with Crippen molar-refractivity contribution in [1.82, 2.24) is 4.57 Å². The fourth-order valence-electron chi connectivity index (χ4n) is 2.91. The molecule has 3 nitrogen and oxygen atoms in total. The third-order valence-electron chi connectivity index (χ3n) is 3.97. The number of hydrogen-bond donors (Lipinski definition) is 0. The maximum absolute atomic E-state index is 14.6. The molecule has 0 radical (unpaired) electrons. The standard InChI is InChI=1S/C21H18F5NO2/c1-13(2)28-19-5-3-4-17(23)20(19)18-10-15(22)12-27(18)11-14-6-8-16(9-7-14)29-21(24,25)26/h3-10,12-13H,11H2,1-2H3. The van der Waals surface area contributed by atoms with Crippen molar-refractivity contribution in [2.24, 2.45) is 0 Å². The molecule has 29 heavy (non-hydrogen) atoms. The summed E-state index contributed by atoms with van der Waals surface area (Å²) in [6, 6.07) is 10.7. The summed E-state index contributed by atoms with van der Waals surface area (Å²) in [5.41, 5.74) is 0.952. The maximum atomic E-state index is 14.6. The van der Waals surface area contributed by atoms with E-state index in [1.165, 1.54) is 53.2 Å². The number of rotatable bonds is 6. The van der Waals surface area contributed by atoms with Crippen LogP contribution in [0, 0.1) is 11.6 Å². The van der Waals surface area contributed by atoms with Crippen LogP contribution >= 0.6 is 0 Å². The maximum Gasteiger partial charge on any atom is 0.573 e. The molecule has 3 aromatic rings. The predicted octanol–water partition coefficient (Wildman–Crippen LogP) is 6.17. The summed E-state index contributed by atoms with van der Waals surface area (Å²) in [7, 11) is 0. The third-order valence-corrected chi connectivity index (χ3v) is 3.97. The van der Waals surface area contributed by atoms with Crippen LogP contribution in [0.1, 0.15) is 19.4 Å². The summed E-state index contributed by atoms with van der Waals surface area (Å²) in [4.78, 5) is 0. The molecular weight excluding hydrogens is 393 g/mol. The summed E-state index contributed by atoms with van der Waals surface area (Å²) in [6.07, 6.45) is -3.80. The van der Waals surface area contributed by atoms with Crippen molar-refractivity contribution in [1.29, 1.82) is 0 Å². The average molecular weight is 411 g/mol. The van der Waals surface area contributed by atoms with Gasteiger partial charge in [0.1, 0.15) is 23.1 Å². The van der Waals surface area contributed by atoms with Crippen LogP contribution in [0.3, 0.4) is 0 Å². The smallest absolute Gasteiger partial charge is 0.490 e. The van der Waals surface area contributed by atoms with Crippen molar-refractivity contribution in [3.63, 3.8) is 0 Å². The second-order valence-electron chi connectivity index (χ2n) is 6.64. The quantitative estimate of drug-likeness (QED) is 0.453. The first-order chi connectivity index (χ1) is 13.6. The van der Waals surface area contributed by atoms with E-state index < -0.39 is 18.0 Å². The van der Waals surface area contributed by atoms with E-state index in [0.717, 1.165) is 0 Å². The number of hydrogen-bond acceptors (Lipinski definition) is 2. The van der Waals surface area contributed by atoms with E-state index >= 15 is 0 Å². The van der Waals surface area contributed by atoms with Crippen LogP contribution in [0.2, 0.25) is 0 Å². The highest BCUT2D eigenvalue weighted by atomic mass is 19.4. The van der Waals surface area contributed by atoms with Gasteiger partial charge in [0.25, 0.3) is 0 Å². The predicted molar refractivity (Wildman–Crippen MR) is 97.8 cm³/mol. The number of alkyl halides is 3. The lowest BCUT2D eigenvalue weighted by molar-refractivity contribution is -0.274. The molecule has 1 heterocycles. The van der Waals surface area contributed by atoms with E-state index in [9.17, 15) is 22.0 Å². The number of halogens is 5. The van der Waals surface area contributed by atoms with E-state index in [1.807, 2.05) is 0 Å². The highest BCUT2D eigenvalue weighted by molar-refractivity contribution is 5.69. The number of aromatic nitrogens is 1. The average Bonchev–Trinajstić information content (AvgIpc) is 2.95. The Morgan fingerprint density at radius 1 is 1.00 bits per heavy atom. The molecule has 0 spiro atoms. The first-order valence-corrected chi connectivity index (χ1v) is 8.78. The molecule has 2 aromatic carbocycles. The Kier molecular flexibility index (Phi) is 5.81. The monoisotopic (exact) mass is 411 g/mol. The molecule has 3 rings (SSSR count). The van der Waals surface area contributed by atoms with Gasteiger partial charge in [0, 0.05) is 12.7 Å². The zero-order valence-corrected chi connectivity index (χ0v) is 15.6. The molecule has 0 unspecified atom stereocenters. The number of nitrogens with zero attached hydrogens (tertiary/aromatic N) is 1. The largest absolute Gasteiger partial charge is 0.573 e. The number of benzene rings is 2. The van der Waals surface area contributed by atoms with Crippen LogP contribution < -0.4 is 9.47 Å². The molecule has 0 amide bonds. The molecule has 0 aliphatic heterocycles. The van der Waals surface area contributed by atoms with Crippen molar-refractivity contribution in [3.05, 3.63) is 71.9 Å². The topological polar surface area (TPSA) is 23.4 Å². The first-order valence-electron chi connectivity index (χ1n) is 8.78. The minimum Gasteiger partial charge on any atom is -0.490 e. The second-order valence-corrected chi connectivity index (χ2v) is 6.64. The molecule has 0 N–H and O–H groups in total. The van der Waals surface area contributed by atoms with Gasteiger partial charge < -0.3 is 14.0 Å². The van der Waals surface area contributed by atoms with E-state index in [1.54, 1.807) is 19.9 Å². The molecule has 1 aromatic heterocycles. The molecule has 0 fully saturated rings. The Hall–Kier alpha value is -3.03. The lowest BCUT2D eigenvalue weighted by atomic mass is 10.1. The van der Waals surface area contributed by atoms with Gasteiger partial charge in [0.15, 0.2) is 0 Å². The van der Waals surface area contributed by atoms with Gasteiger partial charge in [-0.1, -0.05) is 18.2 Å². The van der Waals surface area contributed by atoms with Crippen LogP contribution in [-0.4, -0.2) is 17.0 Å². The van der Waals surface area contributed by atoms with Gasteiger partial charge in [-0.05, 0) is 49.7 Å². The van der Waals surface area contributed by atoms with Crippen LogP contribution in [0.5, 0.6) is 11.5 Å². The highest BCUT2D eigenvalue weighted by Crippen LogP contribution is 2.35. The Labute approximate surface area is 164 Å². The van der Waals surface area contributed by atoms with E-state index in [0.29, 0.717) is 5.56 Å². The Balaban J connectivity index is 1.93. The summed E-state index contributed by atoms with van der Waals surface area (Å²) in [6.45, 7) is 3.69. The van der Waals surface area contributed by atoms with Gasteiger partial charge in [0.05, 0.1) is 17.4 Å². The Bertz CT molecular complexity index is 978. The fraction of sp³-hybridized carbons (Fsp3) is 0.238. The van der Waals surface area contributed by atoms with Crippen molar-refractivity contribution in [3.8, 4) is 22.8 Å².